The summed E-state index contributed by atoms with van der Waals surface area (Å²) in [5, 5.41) is 3.47. The van der Waals surface area contributed by atoms with E-state index in [1.807, 2.05) is 0 Å². The number of aromatic amines is 1. The van der Waals surface area contributed by atoms with Gasteiger partial charge in [0.2, 0.25) is 0 Å². The Balaban J connectivity index is 1.73. The minimum absolute atomic E-state index is 0.115. The maximum absolute atomic E-state index is 12.8. The van der Waals surface area contributed by atoms with Crippen molar-refractivity contribution in [1.29, 1.82) is 0 Å². The quantitative estimate of drug-likeness (QED) is 0.829. The molecule has 0 bridgehead atoms. The Morgan fingerprint density at radius 2 is 2.07 bits per heavy atom. The number of nitrogens with one attached hydrogen (secondary N) is 2. The van der Waals surface area contributed by atoms with Gasteiger partial charge in [0.25, 0.3) is 0 Å². The van der Waals surface area contributed by atoms with Crippen molar-refractivity contribution in [2.45, 2.75) is 64.2 Å². The number of carbonyl (C=O) groups excluding carboxylic acids is 1. The predicted octanol–water partition coefficient (Wildman–Crippen LogP) is 3.96. The van der Waals surface area contributed by atoms with Crippen molar-refractivity contribution in [2.24, 2.45) is 0 Å². The van der Waals surface area contributed by atoms with Crippen LogP contribution in [0, 0.1) is 13.8 Å². The van der Waals surface area contributed by atoms with Crippen molar-refractivity contribution in [1.82, 2.24) is 15.2 Å². The van der Waals surface area contributed by atoms with Crippen molar-refractivity contribution in [3.05, 3.63) is 34.5 Å². The van der Waals surface area contributed by atoms with Gasteiger partial charge in [-0.2, -0.15) is 13.2 Å². The highest BCUT2D eigenvalue weighted by atomic mass is 19.4. The number of aromatic nitrogens is 1. The monoisotopic (exact) mass is 393 g/mol. The summed E-state index contributed by atoms with van der Waals surface area (Å²) >= 11 is 0. The molecule has 0 radical (unpaired) electrons. The summed E-state index contributed by atoms with van der Waals surface area (Å²) in [5.41, 5.74) is 6.01. The molecule has 1 aromatic heterocycles. The molecule has 2 N–H and O–H groups in total. The number of hydrogen-bond donors (Lipinski definition) is 2. The van der Waals surface area contributed by atoms with Gasteiger partial charge in [0, 0.05) is 41.1 Å². The molecule has 1 fully saturated rings. The first-order valence-corrected chi connectivity index (χ1v) is 9.93. The number of alkyl halides is 3. The molecule has 7 heteroatoms. The van der Waals surface area contributed by atoms with Crippen LogP contribution in [0.25, 0.3) is 10.9 Å². The van der Waals surface area contributed by atoms with Crippen LogP contribution in [0.1, 0.15) is 48.1 Å². The number of amides is 1. The Kier molecular flexibility index (Phi) is 4.68. The van der Waals surface area contributed by atoms with E-state index in [0.717, 1.165) is 24.9 Å². The Hall–Kier alpha value is -2.02. The number of fused-ring (bicyclic) bond motifs is 2. The zero-order valence-electron chi connectivity index (χ0n) is 16.4. The first-order valence-electron chi connectivity index (χ1n) is 9.93. The molecule has 1 aliphatic carbocycles. The van der Waals surface area contributed by atoms with E-state index in [1.165, 1.54) is 27.8 Å². The molecule has 152 valence electrons. The van der Waals surface area contributed by atoms with E-state index in [-0.39, 0.29) is 12.0 Å². The van der Waals surface area contributed by atoms with Crippen molar-refractivity contribution >= 4 is 16.8 Å². The van der Waals surface area contributed by atoms with Gasteiger partial charge in [-0.1, -0.05) is 19.1 Å². The van der Waals surface area contributed by atoms with Gasteiger partial charge in [0.15, 0.2) is 0 Å². The zero-order chi connectivity index (χ0) is 20.2. The normalized spacial score (nSPS) is 25.0. The number of H-pyrrole nitrogens is 1. The molecule has 4 rings (SSSR count). The van der Waals surface area contributed by atoms with Crippen molar-refractivity contribution in [3.63, 3.8) is 0 Å². The second-order valence-corrected chi connectivity index (χ2v) is 8.23. The minimum Gasteiger partial charge on any atom is -0.358 e. The maximum atomic E-state index is 12.8. The van der Waals surface area contributed by atoms with Crippen LogP contribution in [-0.2, 0) is 11.2 Å². The molecule has 1 aromatic carbocycles. The summed E-state index contributed by atoms with van der Waals surface area (Å²) in [6.45, 7) is 7.52. The topological polar surface area (TPSA) is 48.1 Å². The molecule has 3 atom stereocenters. The van der Waals surface area contributed by atoms with E-state index in [4.69, 9.17) is 0 Å². The molecule has 28 heavy (non-hydrogen) atoms. The standard InChI is InChI=1S/C21H26F3N3O/c1-4-7-27-10-13(26-20(28)21(22,23)24)8-16-14-6-5-11(2)19-18(14)15(9-17(16)27)12(3)25-19/h5-6,13,16-17,25H,4,7-10H2,1-3H3,(H,26,28)/t13-,16+,17+/m0/s1. The van der Waals surface area contributed by atoms with Gasteiger partial charge in [-0.15, -0.1) is 0 Å². The van der Waals surface area contributed by atoms with Crippen LogP contribution in [0.3, 0.4) is 0 Å². The summed E-state index contributed by atoms with van der Waals surface area (Å²) in [6, 6.07) is 3.97. The van der Waals surface area contributed by atoms with E-state index in [9.17, 15) is 18.0 Å². The van der Waals surface area contributed by atoms with E-state index in [0.29, 0.717) is 13.0 Å². The summed E-state index contributed by atoms with van der Waals surface area (Å²) < 4.78 is 38.3. The third-order valence-electron chi connectivity index (χ3n) is 6.36. The Morgan fingerprint density at radius 3 is 2.75 bits per heavy atom. The fourth-order valence-electron chi connectivity index (χ4n) is 5.17. The molecule has 0 spiro atoms. The lowest BCUT2D eigenvalue weighted by atomic mass is 9.73. The van der Waals surface area contributed by atoms with Crippen molar-refractivity contribution in [2.75, 3.05) is 13.1 Å². The molecule has 1 aliphatic heterocycles. The number of carbonyl (C=O) groups is 1. The molecule has 1 saturated heterocycles. The van der Waals surface area contributed by atoms with Crippen LogP contribution < -0.4 is 5.32 Å². The van der Waals surface area contributed by atoms with Gasteiger partial charge in [-0.05, 0) is 56.3 Å². The highest BCUT2D eigenvalue weighted by Gasteiger charge is 2.44. The average Bonchev–Trinajstić information content (AvgIpc) is 2.95. The molecule has 2 heterocycles. The lowest BCUT2D eigenvalue weighted by molar-refractivity contribution is -0.174. The third-order valence-corrected chi connectivity index (χ3v) is 6.36. The van der Waals surface area contributed by atoms with Gasteiger partial charge in [0.1, 0.15) is 0 Å². The van der Waals surface area contributed by atoms with Crippen LogP contribution >= 0.6 is 0 Å². The second-order valence-electron chi connectivity index (χ2n) is 8.23. The van der Waals surface area contributed by atoms with E-state index >= 15 is 0 Å². The molecule has 2 aromatic rings. The van der Waals surface area contributed by atoms with E-state index in [2.05, 4.69) is 48.1 Å². The van der Waals surface area contributed by atoms with Gasteiger partial charge >= 0.3 is 12.1 Å². The molecular weight excluding hydrogens is 367 g/mol. The van der Waals surface area contributed by atoms with Crippen molar-refractivity contribution in [3.8, 4) is 0 Å². The Morgan fingerprint density at radius 1 is 1.32 bits per heavy atom. The summed E-state index contributed by atoms with van der Waals surface area (Å²) in [5.74, 6) is -1.72. The zero-order valence-corrected chi connectivity index (χ0v) is 16.4. The highest BCUT2D eigenvalue weighted by Crippen LogP contribution is 2.45. The van der Waals surface area contributed by atoms with Gasteiger partial charge < -0.3 is 10.3 Å². The molecule has 1 amide bonds. The van der Waals surface area contributed by atoms with Crippen LogP contribution in [0.2, 0.25) is 0 Å². The molecule has 4 nitrogen and oxygen atoms in total. The largest absolute Gasteiger partial charge is 0.471 e. The smallest absolute Gasteiger partial charge is 0.358 e. The average molecular weight is 393 g/mol. The third kappa shape index (κ3) is 3.09. The number of nitrogens with zero attached hydrogens (tertiary/aromatic N) is 1. The summed E-state index contributed by atoms with van der Waals surface area (Å²) in [4.78, 5) is 17.3. The fourth-order valence-corrected chi connectivity index (χ4v) is 5.17. The van der Waals surface area contributed by atoms with Gasteiger partial charge in [-0.25, -0.2) is 0 Å². The second kappa shape index (κ2) is 6.79. The fraction of sp³-hybridized carbons (Fsp3) is 0.571. The number of rotatable bonds is 3. The van der Waals surface area contributed by atoms with Crippen LogP contribution in [0.4, 0.5) is 13.2 Å². The predicted molar refractivity (Wildman–Crippen MR) is 102 cm³/mol. The maximum Gasteiger partial charge on any atom is 0.471 e. The number of piperidine rings is 1. The van der Waals surface area contributed by atoms with Crippen molar-refractivity contribution < 1.29 is 18.0 Å². The van der Waals surface area contributed by atoms with Crippen LogP contribution in [0.15, 0.2) is 12.1 Å². The number of benzene rings is 1. The van der Waals surface area contributed by atoms with E-state index < -0.39 is 18.1 Å². The first-order chi connectivity index (χ1) is 13.2. The molecule has 2 aliphatic rings. The lowest BCUT2D eigenvalue weighted by Crippen LogP contribution is -2.57. The minimum atomic E-state index is -4.85. The van der Waals surface area contributed by atoms with Gasteiger partial charge in [-0.3, -0.25) is 9.69 Å². The number of likely N-dealkylation sites (tertiary alicyclic amines) is 1. The van der Waals surface area contributed by atoms with E-state index in [1.54, 1.807) is 0 Å². The highest BCUT2D eigenvalue weighted by molar-refractivity contribution is 5.92. The van der Waals surface area contributed by atoms with Crippen LogP contribution in [-0.4, -0.2) is 47.1 Å². The Labute approximate surface area is 162 Å². The first kappa shape index (κ1) is 19.3. The molecule has 0 saturated carbocycles. The molecule has 0 unspecified atom stereocenters. The Bertz CT molecular complexity index is 918. The number of halogens is 3. The van der Waals surface area contributed by atoms with Gasteiger partial charge in [0.05, 0.1) is 0 Å². The summed E-state index contributed by atoms with van der Waals surface area (Å²) in [7, 11) is 0. The molecular formula is C21H26F3N3O. The summed E-state index contributed by atoms with van der Waals surface area (Å²) in [6.07, 6.45) is -2.49. The number of aryl methyl sites for hydroxylation is 2. The number of hydrogen-bond acceptors (Lipinski definition) is 2. The lowest BCUT2D eigenvalue weighted by Gasteiger charge is -2.47. The SMILES string of the molecule is CCCN1C[C@@H](NC(=O)C(F)(F)F)C[C@@H]2c3ccc(C)c4[nH]c(C)c(c34)C[C@H]21. The van der Waals surface area contributed by atoms with Crippen LogP contribution in [0.5, 0.6) is 0 Å².